The molecular weight excluding hydrogens is 235 g/mol. The maximum Gasteiger partial charge on any atom is 0.302 e. The molecule has 0 unspecified atom stereocenters. The van der Waals surface area contributed by atoms with Crippen molar-refractivity contribution in [2.24, 2.45) is 5.92 Å². The monoisotopic (exact) mass is 252 g/mol. The van der Waals surface area contributed by atoms with Crippen molar-refractivity contribution in [3.8, 4) is 0 Å². The molecule has 2 rings (SSSR count). The van der Waals surface area contributed by atoms with Crippen molar-refractivity contribution in [1.82, 2.24) is 0 Å². The van der Waals surface area contributed by atoms with Gasteiger partial charge in [-0.05, 0) is 42.4 Å². The number of rotatable bonds is 3. The Morgan fingerprint density at radius 3 is 2.89 bits per heavy atom. The number of carbonyl (C=O) groups is 1. The van der Waals surface area contributed by atoms with Crippen molar-refractivity contribution in [1.29, 1.82) is 0 Å². The lowest BCUT2D eigenvalue weighted by atomic mass is 9.89. The van der Waals surface area contributed by atoms with Gasteiger partial charge in [0.1, 0.15) is 11.9 Å². The van der Waals surface area contributed by atoms with Crippen LogP contribution < -0.4 is 0 Å². The molecule has 0 heterocycles. The maximum atomic E-state index is 13.2. The first-order valence-corrected chi connectivity index (χ1v) is 6.13. The molecule has 0 amide bonds. The van der Waals surface area contributed by atoms with Gasteiger partial charge in [-0.3, -0.25) is 4.79 Å². The molecule has 1 saturated carbocycles. The van der Waals surface area contributed by atoms with Crippen LogP contribution in [0.3, 0.4) is 0 Å². The van der Waals surface area contributed by atoms with Crippen molar-refractivity contribution in [3.63, 3.8) is 0 Å². The lowest BCUT2D eigenvalue weighted by Gasteiger charge is -2.16. The highest BCUT2D eigenvalue weighted by Crippen LogP contribution is 2.40. The largest absolute Gasteiger partial charge is 0.463 e. The number of aliphatic hydroxyl groups excluding tert-OH is 1. The second-order valence-corrected chi connectivity index (χ2v) is 4.81. The molecule has 1 aromatic carbocycles. The Hall–Kier alpha value is -1.42. The first-order chi connectivity index (χ1) is 8.60. The van der Waals surface area contributed by atoms with Crippen LogP contribution in [0.15, 0.2) is 24.3 Å². The zero-order valence-corrected chi connectivity index (χ0v) is 10.3. The molecule has 0 aromatic heterocycles. The minimum atomic E-state index is -0.309. The number of esters is 1. The van der Waals surface area contributed by atoms with Gasteiger partial charge in [-0.2, -0.15) is 0 Å². The van der Waals surface area contributed by atoms with Crippen molar-refractivity contribution in [2.75, 3.05) is 6.61 Å². The fourth-order valence-electron chi connectivity index (χ4n) is 2.75. The summed E-state index contributed by atoms with van der Waals surface area (Å²) in [5, 5.41) is 9.38. The molecule has 0 spiro atoms. The quantitative estimate of drug-likeness (QED) is 0.839. The summed E-state index contributed by atoms with van der Waals surface area (Å²) < 4.78 is 18.4. The Balaban J connectivity index is 2.14. The molecule has 98 valence electrons. The SMILES string of the molecule is CC(=O)O[C@H]1C[C@H](CO)[C@@H](c2cccc(F)c2)C1. The molecule has 1 fully saturated rings. The van der Waals surface area contributed by atoms with E-state index in [2.05, 4.69) is 0 Å². The van der Waals surface area contributed by atoms with E-state index < -0.39 is 0 Å². The van der Waals surface area contributed by atoms with Crippen LogP contribution in [0.25, 0.3) is 0 Å². The van der Waals surface area contributed by atoms with Crippen LogP contribution in [0.4, 0.5) is 4.39 Å². The average molecular weight is 252 g/mol. The van der Waals surface area contributed by atoms with Gasteiger partial charge in [0.2, 0.25) is 0 Å². The molecule has 1 aliphatic carbocycles. The molecule has 18 heavy (non-hydrogen) atoms. The Morgan fingerprint density at radius 2 is 2.28 bits per heavy atom. The van der Waals surface area contributed by atoms with Gasteiger partial charge in [-0.1, -0.05) is 12.1 Å². The standard InChI is InChI=1S/C14H17FO3/c1-9(17)18-13-6-11(8-16)14(7-13)10-3-2-4-12(15)5-10/h2-5,11,13-14,16H,6-8H2,1H3/t11-,13+,14-/m1/s1. The molecule has 0 aliphatic heterocycles. The van der Waals surface area contributed by atoms with Crippen LogP contribution in [-0.2, 0) is 9.53 Å². The molecule has 1 aliphatic rings. The van der Waals surface area contributed by atoms with Gasteiger partial charge in [0.15, 0.2) is 0 Å². The van der Waals surface area contributed by atoms with Gasteiger partial charge in [-0.25, -0.2) is 4.39 Å². The number of aliphatic hydroxyl groups is 1. The maximum absolute atomic E-state index is 13.2. The second-order valence-electron chi connectivity index (χ2n) is 4.81. The van der Waals surface area contributed by atoms with E-state index in [0.717, 1.165) is 5.56 Å². The molecule has 1 N–H and O–H groups in total. The zero-order valence-electron chi connectivity index (χ0n) is 10.3. The molecule has 3 nitrogen and oxygen atoms in total. The van der Waals surface area contributed by atoms with E-state index in [4.69, 9.17) is 4.74 Å². The van der Waals surface area contributed by atoms with Crippen molar-refractivity contribution < 1.29 is 19.0 Å². The van der Waals surface area contributed by atoms with Crippen LogP contribution >= 0.6 is 0 Å². The van der Waals surface area contributed by atoms with Gasteiger partial charge in [0, 0.05) is 13.5 Å². The highest BCUT2D eigenvalue weighted by Gasteiger charge is 2.36. The Labute approximate surface area is 106 Å². The van der Waals surface area contributed by atoms with Crippen LogP contribution in [0.2, 0.25) is 0 Å². The fourth-order valence-corrected chi connectivity index (χ4v) is 2.75. The van der Waals surface area contributed by atoms with Crippen LogP contribution in [-0.4, -0.2) is 23.8 Å². The molecule has 1 aromatic rings. The Kier molecular flexibility index (Phi) is 3.97. The molecule has 4 heteroatoms. The van der Waals surface area contributed by atoms with Crippen molar-refractivity contribution >= 4 is 5.97 Å². The molecule has 0 radical (unpaired) electrons. The lowest BCUT2D eigenvalue weighted by molar-refractivity contribution is -0.146. The van der Waals surface area contributed by atoms with Gasteiger partial charge in [0.05, 0.1) is 0 Å². The number of ether oxygens (including phenoxy) is 1. The van der Waals surface area contributed by atoms with Crippen LogP contribution in [0.5, 0.6) is 0 Å². The highest BCUT2D eigenvalue weighted by molar-refractivity contribution is 5.66. The van der Waals surface area contributed by atoms with E-state index in [-0.39, 0.29) is 36.3 Å². The zero-order chi connectivity index (χ0) is 13.1. The first-order valence-electron chi connectivity index (χ1n) is 6.13. The molecule has 0 saturated heterocycles. The number of hydrogen-bond donors (Lipinski definition) is 1. The summed E-state index contributed by atoms with van der Waals surface area (Å²) in [5.41, 5.74) is 0.865. The summed E-state index contributed by atoms with van der Waals surface area (Å²) in [4.78, 5) is 10.9. The summed E-state index contributed by atoms with van der Waals surface area (Å²) in [7, 11) is 0. The third-order valence-corrected chi connectivity index (χ3v) is 3.50. The predicted octanol–water partition coefficient (Wildman–Crippen LogP) is 2.24. The topological polar surface area (TPSA) is 46.5 Å². The van der Waals surface area contributed by atoms with Crippen molar-refractivity contribution in [2.45, 2.75) is 31.8 Å². The Morgan fingerprint density at radius 1 is 1.50 bits per heavy atom. The average Bonchev–Trinajstić information content (AvgIpc) is 2.71. The molecule has 3 atom stereocenters. The van der Waals surface area contributed by atoms with E-state index in [1.807, 2.05) is 6.07 Å². The van der Waals surface area contributed by atoms with Gasteiger partial charge < -0.3 is 9.84 Å². The molecule has 0 bridgehead atoms. The number of halogens is 1. The predicted molar refractivity (Wildman–Crippen MR) is 64.5 cm³/mol. The number of carbonyl (C=O) groups excluding carboxylic acids is 1. The van der Waals surface area contributed by atoms with Crippen LogP contribution in [0, 0.1) is 11.7 Å². The third kappa shape index (κ3) is 2.88. The summed E-state index contributed by atoms with van der Waals surface area (Å²) in [5.74, 6) is -0.511. The summed E-state index contributed by atoms with van der Waals surface area (Å²) in [6, 6.07) is 6.41. The first kappa shape index (κ1) is 13.0. The smallest absolute Gasteiger partial charge is 0.302 e. The number of benzene rings is 1. The van der Waals surface area contributed by atoms with Crippen LogP contribution in [0.1, 0.15) is 31.2 Å². The van der Waals surface area contributed by atoms with Gasteiger partial charge in [0.25, 0.3) is 0 Å². The number of hydrogen-bond acceptors (Lipinski definition) is 3. The minimum Gasteiger partial charge on any atom is -0.463 e. The van der Waals surface area contributed by atoms with E-state index >= 15 is 0 Å². The third-order valence-electron chi connectivity index (χ3n) is 3.50. The van der Waals surface area contributed by atoms with E-state index in [1.165, 1.54) is 19.1 Å². The van der Waals surface area contributed by atoms with E-state index in [9.17, 15) is 14.3 Å². The Bertz CT molecular complexity index is 433. The summed E-state index contributed by atoms with van der Waals surface area (Å²) >= 11 is 0. The lowest BCUT2D eigenvalue weighted by Crippen LogP contribution is -2.13. The van der Waals surface area contributed by atoms with Crippen molar-refractivity contribution in [3.05, 3.63) is 35.6 Å². The summed E-state index contributed by atoms with van der Waals surface area (Å²) in [6.45, 7) is 1.41. The fraction of sp³-hybridized carbons (Fsp3) is 0.500. The minimum absolute atomic E-state index is 0.0242. The van der Waals surface area contributed by atoms with Gasteiger partial charge in [-0.15, -0.1) is 0 Å². The molecular formula is C14H17FO3. The summed E-state index contributed by atoms with van der Waals surface area (Å²) in [6.07, 6.45) is 1.11. The second kappa shape index (κ2) is 5.48. The normalized spacial score (nSPS) is 27.2. The van der Waals surface area contributed by atoms with Gasteiger partial charge >= 0.3 is 5.97 Å². The van der Waals surface area contributed by atoms with E-state index in [1.54, 1.807) is 6.07 Å². The highest BCUT2D eigenvalue weighted by atomic mass is 19.1. The van der Waals surface area contributed by atoms with E-state index in [0.29, 0.717) is 12.8 Å².